The lowest BCUT2D eigenvalue weighted by molar-refractivity contribution is -0.117. The van der Waals surface area contributed by atoms with Crippen molar-refractivity contribution in [2.45, 2.75) is 33.4 Å². The summed E-state index contributed by atoms with van der Waals surface area (Å²) in [7, 11) is 1.60. The molecule has 10 heteroatoms. The predicted octanol–water partition coefficient (Wildman–Crippen LogP) is 2.61. The van der Waals surface area contributed by atoms with Crippen molar-refractivity contribution >= 4 is 11.7 Å². The second kappa shape index (κ2) is 9.40. The zero-order valence-electron chi connectivity index (χ0n) is 17.4. The average molecular weight is 427 g/mol. The van der Waals surface area contributed by atoms with Gasteiger partial charge in [-0.2, -0.15) is 9.94 Å². The number of anilines is 1. The number of nitrogens with one attached hydrogen (secondary N) is 1. The van der Waals surface area contributed by atoms with E-state index in [1.165, 1.54) is 24.3 Å². The summed E-state index contributed by atoms with van der Waals surface area (Å²) in [5.74, 6) is -1.45. The summed E-state index contributed by atoms with van der Waals surface area (Å²) in [5, 5.41) is 16.3. The van der Waals surface area contributed by atoms with Crippen LogP contribution in [0.3, 0.4) is 0 Å². The highest BCUT2D eigenvalue weighted by Gasteiger charge is 2.21. The van der Waals surface area contributed by atoms with Gasteiger partial charge in [-0.05, 0) is 50.1 Å². The van der Waals surface area contributed by atoms with Gasteiger partial charge in [0.25, 0.3) is 0 Å². The van der Waals surface area contributed by atoms with E-state index in [0.29, 0.717) is 36.5 Å². The predicted molar refractivity (Wildman–Crippen MR) is 110 cm³/mol. The van der Waals surface area contributed by atoms with E-state index in [1.54, 1.807) is 7.11 Å². The third kappa shape index (κ3) is 4.73. The molecule has 0 saturated carbocycles. The molecule has 31 heavy (non-hydrogen) atoms. The molecule has 2 heterocycles. The molecule has 0 saturated heterocycles. The molecule has 0 radical (unpaired) electrons. The van der Waals surface area contributed by atoms with Crippen molar-refractivity contribution in [3.8, 4) is 17.5 Å². The molecule has 3 rings (SSSR count). The number of carbonyl (C=O) groups excluding carboxylic acids is 1. The molecular formula is C21H22FN5O4. The van der Waals surface area contributed by atoms with E-state index < -0.39 is 24.0 Å². The first kappa shape index (κ1) is 22.0. The monoisotopic (exact) mass is 427 g/mol. The molecule has 0 aliphatic heterocycles. The van der Waals surface area contributed by atoms with Crippen LogP contribution in [0.1, 0.15) is 23.2 Å². The van der Waals surface area contributed by atoms with Crippen molar-refractivity contribution < 1.29 is 18.3 Å². The van der Waals surface area contributed by atoms with E-state index in [2.05, 4.69) is 16.5 Å². The summed E-state index contributed by atoms with van der Waals surface area (Å²) in [4.78, 5) is 24.7. The van der Waals surface area contributed by atoms with Gasteiger partial charge in [0.05, 0.1) is 5.56 Å². The van der Waals surface area contributed by atoms with Crippen LogP contribution in [0.15, 0.2) is 33.5 Å². The number of rotatable bonds is 8. The lowest BCUT2D eigenvalue weighted by atomic mass is 10.2. The Hall–Kier alpha value is -3.71. The second-order valence-corrected chi connectivity index (χ2v) is 6.93. The Morgan fingerprint density at radius 3 is 2.68 bits per heavy atom. The quantitative estimate of drug-likeness (QED) is 0.553. The molecule has 162 valence electrons. The summed E-state index contributed by atoms with van der Waals surface area (Å²) < 4.78 is 26.0. The molecule has 2 aromatic heterocycles. The zero-order valence-corrected chi connectivity index (χ0v) is 17.4. The number of amides is 1. The minimum atomic E-state index is -0.821. The molecule has 0 atom stereocenters. The summed E-state index contributed by atoms with van der Waals surface area (Å²) in [5.41, 5.74) is 2.40. The van der Waals surface area contributed by atoms with E-state index >= 15 is 0 Å². The van der Waals surface area contributed by atoms with Crippen molar-refractivity contribution in [1.82, 2.24) is 14.3 Å². The van der Waals surface area contributed by atoms with Gasteiger partial charge in [0.1, 0.15) is 24.2 Å². The van der Waals surface area contributed by atoms with Gasteiger partial charge in [0.2, 0.25) is 11.8 Å². The number of hydrogen-bond donors (Lipinski definition) is 1. The van der Waals surface area contributed by atoms with Crippen molar-refractivity contribution in [3.05, 3.63) is 57.5 Å². The van der Waals surface area contributed by atoms with Gasteiger partial charge < -0.3 is 19.0 Å². The van der Waals surface area contributed by atoms with Gasteiger partial charge in [0, 0.05) is 31.5 Å². The van der Waals surface area contributed by atoms with E-state index in [-0.39, 0.29) is 5.89 Å². The molecule has 9 nitrogen and oxygen atoms in total. The number of halogens is 1. The minimum absolute atomic E-state index is 0.0230. The minimum Gasteiger partial charge on any atom is -0.388 e. The van der Waals surface area contributed by atoms with Crippen molar-refractivity contribution in [1.29, 1.82) is 5.26 Å². The van der Waals surface area contributed by atoms with Crippen LogP contribution in [-0.2, 0) is 22.6 Å². The third-order valence-electron chi connectivity index (χ3n) is 4.92. The van der Waals surface area contributed by atoms with Crippen LogP contribution in [0.25, 0.3) is 11.5 Å². The van der Waals surface area contributed by atoms with Gasteiger partial charge >= 0.3 is 5.76 Å². The van der Waals surface area contributed by atoms with Crippen LogP contribution in [0.5, 0.6) is 0 Å². The molecule has 0 bridgehead atoms. The first-order chi connectivity index (χ1) is 14.8. The van der Waals surface area contributed by atoms with Gasteiger partial charge in [-0.1, -0.05) is 0 Å². The lowest BCUT2D eigenvalue weighted by Gasteiger charge is -2.12. The molecule has 0 fully saturated rings. The fourth-order valence-corrected chi connectivity index (χ4v) is 3.20. The highest BCUT2D eigenvalue weighted by atomic mass is 19.1. The molecule has 0 unspecified atom stereocenters. The number of methoxy groups -OCH3 is 1. The molecule has 0 aliphatic carbocycles. The fourth-order valence-electron chi connectivity index (χ4n) is 3.20. The Kier molecular flexibility index (Phi) is 6.67. The number of aromatic nitrogens is 3. The van der Waals surface area contributed by atoms with E-state index in [9.17, 15) is 19.2 Å². The maximum Gasteiger partial charge on any atom is 0.437 e. The molecule has 1 aromatic carbocycles. The molecule has 0 spiro atoms. The number of ether oxygens (including phenoxy) is 1. The van der Waals surface area contributed by atoms with E-state index in [0.717, 1.165) is 15.9 Å². The summed E-state index contributed by atoms with van der Waals surface area (Å²) >= 11 is 0. The normalized spacial score (nSPS) is 10.8. The maximum atomic E-state index is 13.1. The third-order valence-corrected chi connectivity index (χ3v) is 4.92. The van der Waals surface area contributed by atoms with Crippen LogP contribution in [0, 0.1) is 31.0 Å². The number of nitriles is 1. The molecule has 1 amide bonds. The van der Waals surface area contributed by atoms with Gasteiger partial charge in [-0.25, -0.2) is 9.18 Å². The van der Waals surface area contributed by atoms with Crippen LogP contribution in [-0.4, -0.2) is 34.0 Å². The molecule has 1 N–H and O–H groups in total. The molecular weight excluding hydrogens is 405 g/mol. The first-order valence-electron chi connectivity index (χ1n) is 9.58. The van der Waals surface area contributed by atoms with Crippen LogP contribution in [0.2, 0.25) is 0 Å². The first-order valence-corrected chi connectivity index (χ1v) is 9.58. The lowest BCUT2D eigenvalue weighted by Crippen LogP contribution is -2.27. The molecule has 3 aromatic rings. The van der Waals surface area contributed by atoms with Gasteiger partial charge in [-0.15, -0.1) is 5.10 Å². The summed E-state index contributed by atoms with van der Waals surface area (Å²) in [6, 6.07) is 7.40. The number of hydrogen-bond acceptors (Lipinski definition) is 6. The van der Waals surface area contributed by atoms with E-state index in [4.69, 9.17) is 9.15 Å². The maximum absolute atomic E-state index is 13.1. The standard InChI is InChI=1S/C21H22FN5O4/c1-13-14(2)26(9-4-10-30-3)19(17(13)11-23)24-18(28)12-27-21(29)31-20(25-27)15-5-7-16(22)8-6-15/h5-8H,4,9-10,12H2,1-3H3,(H,24,28). The van der Waals surface area contributed by atoms with Crippen molar-refractivity contribution in [2.75, 3.05) is 19.0 Å². The summed E-state index contributed by atoms with van der Waals surface area (Å²) in [6.45, 7) is 4.36. The second-order valence-electron chi connectivity index (χ2n) is 6.93. The Bertz CT molecular complexity index is 1180. The highest BCUT2D eigenvalue weighted by Crippen LogP contribution is 2.26. The Labute approximate surface area is 177 Å². The Balaban J connectivity index is 1.81. The number of benzene rings is 1. The van der Waals surface area contributed by atoms with Gasteiger partial charge in [-0.3, -0.25) is 4.79 Å². The number of carbonyl (C=O) groups is 1. The smallest absolute Gasteiger partial charge is 0.388 e. The van der Waals surface area contributed by atoms with Crippen LogP contribution >= 0.6 is 0 Å². The van der Waals surface area contributed by atoms with Gasteiger partial charge in [0.15, 0.2) is 0 Å². The van der Waals surface area contributed by atoms with E-state index in [1.807, 2.05) is 18.4 Å². The highest BCUT2D eigenvalue weighted by molar-refractivity contribution is 5.91. The zero-order chi connectivity index (χ0) is 22.5. The SMILES string of the molecule is COCCCn1c(C)c(C)c(C#N)c1NC(=O)Cn1nc(-c2ccc(F)cc2)oc1=O. The van der Waals surface area contributed by atoms with Crippen molar-refractivity contribution in [2.24, 2.45) is 0 Å². The summed E-state index contributed by atoms with van der Waals surface area (Å²) in [6.07, 6.45) is 0.697. The topological polar surface area (TPSA) is 115 Å². The van der Waals surface area contributed by atoms with Crippen LogP contribution < -0.4 is 11.1 Å². The average Bonchev–Trinajstić information content (AvgIpc) is 3.20. The largest absolute Gasteiger partial charge is 0.437 e. The fraction of sp³-hybridized carbons (Fsp3) is 0.333. The Morgan fingerprint density at radius 1 is 1.32 bits per heavy atom. The Morgan fingerprint density at radius 2 is 2.03 bits per heavy atom. The van der Waals surface area contributed by atoms with Crippen molar-refractivity contribution in [3.63, 3.8) is 0 Å². The number of nitrogens with zero attached hydrogens (tertiary/aromatic N) is 4. The molecule has 0 aliphatic rings. The van der Waals surface area contributed by atoms with Crippen LogP contribution in [0.4, 0.5) is 10.2 Å².